The molecule has 1 aromatic rings. The van der Waals surface area contributed by atoms with Gasteiger partial charge in [-0.15, -0.1) is 0 Å². The highest BCUT2D eigenvalue weighted by molar-refractivity contribution is 6.30. The summed E-state index contributed by atoms with van der Waals surface area (Å²) >= 11 is 6.02. The smallest absolute Gasteiger partial charge is 0.0408 e. The Morgan fingerprint density at radius 1 is 1.11 bits per heavy atom. The zero-order valence-corrected chi connectivity index (χ0v) is 11.8. The predicted octanol–water partition coefficient (Wildman–Crippen LogP) is 4.57. The number of benzene rings is 1. The lowest BCUT2D eigenvalue weighted by atomic mass is 9.84. The molecule has 0 radical (unpaired) electrons. The first-order valence-corrected chi connectivity index (χ1v) is 7.63. The summed E-state index contributed by atoms with van der Waals surface area (Å²) in [5.41, 5.74) is 7.68. The van der Waals surface area contributed by atoms with Crippen LogP contribution in [0.3, 0.4) is 0 Å². The molecule has 0 spiro atoms. The molecule has 0 aromatic heterocycles. The lowest BCUT2D eigenvalue weighted by Gasteiger charge is -2.26. The van der Waals surface area contributed by atoms with Gasteiger partial charge >= 0.3 is 0 Å². The summed E-state index contributed by atoms with van der Waals surface area (Å²) in [6.07, 6.45) is 10.5. The van der Waals surface area contributed by atoms with Gasteiger partial charge < -0.3 is 5.73 Å². The van der Waals surface area contributed by atoms with E-state index in [2.05, 4.69) is 6.07 Å². The molecule has 100 valence electrons. The maximum atomic E-state index is 6.41. The lowest BCUT2D eigenvalue weighted by molar-refractivity contribution is 0.322. The highest BCUT2D eigenvalue weighted by atomic mass is 35.5. The van der Waals surface area contributed by atoms with E-state index in [-0.39, 0.29) is 0 Å². The van der Waals surface area contributed by atoms with Crippen molar-refractivity contribution in [3.8, 4) is 0 Å². The molecule has 0 bridgehead atoms. The summed E-state index contributed by atoms with van der Waals surface area (Å²) < 4.78 is 0. The third-order valence-corrected chi connectivity index (χ3v) is 4.35. The Labute approximate surface area is 116 Å². The van der Waals surface area contributed by atoms with E-state index in [9.17, 15) is 0 Å². The molecule has 1 aliphatic rings. The molecule has 0 heterocycles. The Hall–Kier alpha value is -0.530. The van der Waals surface area contributed by atoms with E-state index in [1.54, 1.807) is 0 Å². The van der Waals surface area contributed by atoms with E-state index in [0.717, 1.165) is 11.4 Å². The van der Waals surface area contributed by atoms with Crippen molar-refractivity contribution in [2.24, 2.45) is 11.7 Å². The first-order valence-electron chi connectivity index (χ1n) is 7.26. The van der Waals surface area contributed by atoms with Crippen LogP contribution in [0.2, 0.25) is 5.02 Å². The van der Waals surface area contributed by atoms with Gasteiger partial charge in [0, 0.05) is 11.1 Å². The van der Waals surface area contributed by atoms with Gasteiger partial charge in [0.15, 0.2) is 0 Å². The SMILES string of the molecule is NC(Cc1cccc(Cl)c1)C1CCCCCCC1. The fourth-order valence-corrected chi connectivity index (χ4v) is 3.23. The summed E-state index contributed by atoms with van der Waals surface area (Å²) in [7, 11) is 0. The minimum Gasteiger partial charge on any atom is -0.327 e. The molecule has 2 heteroatoms. The zero-order valence-electron chi connectivity index (χ0n) is 11.1. The van der Waals surface area contributed by atoms with E-state index in [4.69, 9.17) is 17.3 Å². The van der Waals surface area contributed by atoms with E-state index in [0.29, 0.717) is 12.0 Å². The van der Waals surface area contributed by atoms with Crippen molar-refractivity contribution >= 4 is 11.6 Å². The molecule has 1 unspecified atom stereocenters. The summed E-state index contributed by atoms with van der Waals surface area (Å²) in [6, 6.07) is 8.41. The van der Waals surface area contributed by atoms with Gasteiger partial charge in [0.2, 0.25) is 0 Å². The van der Waals surface area contributed by atoms with Gasteiger partial charge in [-0.1, -0.05) is 55.8 Å². The van der Waals surface area contributed by atoms with E-state index in [1.165, 1.54) is 50.5 Å². The number of hydrogen-bond acceptors (Lipinski definition) is 1. The van der Waals surface area contributed by atoms with Crippen molar-refractivity contribution in [2.75, 3.05) is 0 Å². The molecule has 2 N–H and O–H groups in total. The maximum Gasteiger partial charge on any atom is 0.0408 e. The Morgan fingerprint density at radius 2 is 1.78 bits per heavy atom. The molecule has 0 aliphatic heterocycles. The average molecular weight is 266 g/mol. The first kappa shape index (κ1) is 13.9. The van der Waals surface area contributed by atoms with Gasteiger partial charge in [-0.25, -0.2) is 0 Å². The van der Waals surface area contributed by atoms with Crippen LogP contribution in [0.1, 0.15) is 50.5 Å². The highest BCUT2D eigenvalue weighted by Gasteiger charge is 2.19. The van der Waals surface area contributed by atoms with Gasteiger partial charge in [0.25, 0.3) is 0 Å². The van der Waals surface area contributed by atoms with Crippen LogP contribution in [0.5, 0.6) is 0 Å². The van der Waals surface area contributed by atoms with E-state index in [1.807, 2.05) is 18.2 Å². The summed E-state index contributed by atoms with van der Waals surface area (Å²) in [4.78, 5) is 0. The molecule has 1 atom stereocenters. The van der Waals surface area contributed by atoms with Gasteiger partial charge in [-0.05, 0) is 42.9 Å². The van der Waals surface area contributed by atoms with Crippen LogP contribution in [0.15, 0.2) is 24.3 Å². The minimum absolute atomic E-state index is 0.293. The molecule has 18 heavy (non-hydrogen) atoms. The molecule has 1 aromatic carbocycles. The third kappa shape index (κ3) is 4.29. The van der Waals surface area contributed by atoms with Crippen LogP contribution in [0.4, 0.5) is 0 Å². The molecular formula is C16H24ClN. The maximum absolute atomic E-state index is 6.41. The molecule has 0 saturated heterocycles. The summed E-state index contributed by atoms with van der Waals surface area (Å²) in [6.45, 7) is 0. The standard InChI is InChI=1S/C16H24ClN/c17-15-10-6-7-13(11-15)12-16(18)14-8-4-2-1-3-5-9-14/h6-7,10-11,14,16H,1-5,8-9,12,18H2. The van der Waals surface area contributed by atoms with Crippen molar-refractivity contribution in [2.45, 2.75) is 57.4 Å². The van der Waals surface area contributed by atoms with Crippen molar-refractivity contribution in [3.05, 3.63) is 34.9 Å². The van der Waals surface area contributed by atoms with E-state index < -0.39 is 0 Å². The Balaban J connectivity index is 1.91. The molecular weight excluding hydrogens is 242 g/mol. The van der Waals surface area contributed by atoms with Crippen LogP contribution in [0, 0.1) is 5.92 Å². The van der Waals surface area contributed by atoms with Crippen molar-refractivity contribution in [3.63, 3.8) is 0 Å². The molecule has 2 rings (SSSR count). The molecule has 1 nitrogen and oxygen atoms in total. The van der Waals surface area contributed by atoms with E-state index >= 15 is 0 Å². The number of hydrogen-bond donors (Lipinski definition) is 1. The van der Waals surface area contributed by atoms with Crippen LogP contribution in [-0.4, -0.2) is 6.04 Å². The Bertz CT molecular complexity index is 356. The number of nitrogens with two attached hydrogens (primary N) is 1. The predicted molar refractivity (Wildman–Crippen MR) is 78.9 cm³/mol. The van der Waals surface area contributed by atoms with Crippen molar-refractivity contribution in [1.82, 2.24) is 0 Å². The highest BCUT2D eigenvalue weighted by Crippen LogP contribution is 2.26. The normalized spacial score (nSPS) is 20.1. The first-order chi connectivity index (χ1) is 8.75. The largest absolute Gasteiger partial charge is 0.327 e. The lowest BCUT2D eigenvalue weighted by Crippen LogP contribution is -2.32. The second kappa shape index (κ2) is 7.16. The topological polar surface area (TPSA) is 26.0 Å². The minimum atomic E-state index is 0.293. The van der Waals surface area contributed by atoms with Crippen LogP contribution in [-0.2, 0) is 6.42 Å². The van der Waals surface area contributed by atoms with Crippen LogP contribution >= 0.6 is 11.6 Å². The number of halogens is 1. The van der Waals surface area contributed by atoms with Crippen LogP contribution in [0.25, 0.3) is 0 Å². The fourth-order valence-electron chi connectivity index (χ4n) is 3.02. The van der Waals surface area contributed by atoms with Crippen molar-refractivity contribution < 1.29 is 0 Å². The quantitative estimate of drug-likeness (QED) is 0.851. The zero-order chi connectivity index (χ0) is 12.8. The van der Waals surface area contributed by atoms with Gasteiger partial charge in [0.1, 0.15) is 0 Å². The average Bonchev–Trinajstić information content (AvgIpc) is 2.28. The Kier molecular flexibility index (Phi) is 5.52. The summed E-state index contributed by atoms with van der Waals surface area (Å²) in [5, 5.41) is 0.817. The monoisotopic (exact) mass is 265 g/mol. The third-order valence-electron chi connectivity index (χ3n) is 4.12. The molecule has 1 saturated carbocycles. The van der Waals surface area contributed by atoms with Crippen molar-refractivity contribution in [1.29, 1.82) is 0 Å². The number of rotatable bonds is 3. The molecule has 1 fully saturated rings. The molecule has 1 aliphatic carbocycles. The fraction of sp³-hybridized carbons (Fsp3) is 0.625. The molecule has 0 amide bonds. The van der Waals surface area contributed by atoms with Gasteiger partial charge in [0.05, 0.1) is 0 Å². The second-order valence-electron chi connectivity index (χ2n) is 5.60. The Morgan fingerprint density at radius 3 is 2.44 bits per heavy atom. The second-order valence-corrected chi connectivity index (χ2v) is 6.04. The summed E-state index contributed by atoms with van der Waals surface area (Å²) in [5.74, 6) is 0.698. The van der Waals surface area contributed by atoms with Gasteiger partial charge in [-0.2, -0.15) is 0 Å². The van der Waals surface area contributed by atoms with Gasteiger partial charge in [-0.3, -0.25) is 0 Å². The van der Waals surface area contributed by atoms with Crippen LogP contribution < -0.4 is 5.73 Å².